The molecule has 0 bridgehead atoms. The normalized spacial score (nSPS) is 22.4. The fraction of sp³-hybridized carbons (Fsp3) is 0.529. The van der Waals surface area contributed by atoms with Gasteiger partial charge in [-0.3, -0.25) is 4.90 Å². The van der Waals surface area contributed by atoms with Gasteiger partial charge in [0.05, 0.1) is 24.0 Å². The van der Waals surface area contributed by atoms with Gasteiger partial charge >= 0.3 is 0 Å². The fourth-order valence-electron chi connectivity index (χ4n) is 3.68. The maximum Gasteiger partial charge on any atom is 0.0967 e. The number of aromatic nitrogens is 3. The fourth-order valence-corrected chi connectivity index (χ4v) is 3.88. The van der Waals surface area contributed by atoms with Crippen LogP contribution in [0.2, 0.25) is 5.02 Å². The third-order valence-electron chi connectivity index (χ3n) is 4.97. The van der Waals surface area contributed by atoms with Crippen molar-refractivity contribution in [2.45, 2.75) is 44.4 Å². The average Bonchev–Trinajstić information content (AvgIpc) is 3.15. The Morgan fingerprint density at radius 2 is 2.04 bits per heavy atom. The molecular formula is C17H21ClN4O. The average molecular weight is 333 g/mol. The maximum atomic E-state index is 9.59. The molecule has 5 nitrogen and oxygen atoms in total. The van der Waals surface area contributed by atoms with Crippen LogP contribution in [0.5, 0.6) is 0 Å². The predicted molar refractivity (Wildman–Crippen MR) is 88.5 cm³/mol. The number of piperidine rings is 1. The molecule has 0 saturated carbocycles. The van der Waals surface area contributed by atoms with Crippen molar-refractivity contribution in [1.82, 2.24) is 19.9 Å². The second kappa shape index (κ2) is 6.23. The molecule has 1 fully saturated rings. The van der Waals surface area contributed by atoms with Crippen molar-refractivity contribution in [2.75, 3.05) is 13.1 Å². The lowest BCUT2D eigenvalue weighted by molar-refractivity contribution is 0.0786. The molecule has 2 heterocycles. The Kier molecular flexibility index (Phi) is 4.09. The minimum atomic E-state index is -0.135. The Morgan fingerprint density at radius 3 is 2.87 bits per heavy atom. The van der Waals surface area contributed by atoms with Crippen LogP contribution in [0.1, 0.15) is 42.1 Å². The van der Waals surface area contributed by atoms with Gasteiger partial charge in [-0.2, -0.15) is 0 Å². The Labute approximate surface area is 140 Å². The minimum absolute atomic E-state index is 0.135. The molecule has 4 rings (SSSR count). The highest BCUT2D eigenvalue weighted by Gasteiger charge is 2.25. The number of hydrogen-bond donors (Lipinski definition) is 1. The molecule has 23 heavy (non-hydrogen) atoms. The van der Waals surface area contributed by atoms with Crippen LogP contribution in [-0.4, -0.2) is 44.2 Å². The number of fused-ring (bicyclic) bond motifs is 1. The van der Waals surface area contributed by atoms with Gasteiger partial charge in [0.15, 0.2) is 0 Å². The zero-order valence-corrected chi connectivity index (χ0v) is 13.8. The van der Waals surface area contributed by atoms with Gasteiger partial charge in [0, 0.05) is 24.7 Å². The van der Waals surface area contributed by atoms with Gasteiger partial charge in [-0.05, 0) is 48.9 Å². The Morgan fingerprint density at radius 1 is 1.22 bits per heavy atom. The standard InChI is InChI=1S/C17H21ClN4O/c18-13-2-3-16-12(9-13)1-4-17(16)22-11-14(19-20-22)10-21-7-5-15(23)6-8-21/h2-3,9,11,15,17,23H,1,4-8,10H2/t17-/m1/s1. The molecule has 6 heteroatoms. The second-order valence-electron chi connectivity index (χ2n) is 6.59. The van der Waals surface area contributed by atoms with Crippen LogP contribution in [0.3, 0.4) is 0 Å². The molecule has 2 aromatic rings. The number of halogens is 1. The molecule has 1 atom stereocenters. The van der Waals surface area contributed by atoms with Crippen LogP contribution >= 0.6 is 11.6 Å². The molecule has 1 aromatic heterocycles. The zero-order chi connectivity index (χ0) is 15.8. The summed E-state index contributed by atoms with van der Waals surface area (Å²) in [6.45, 7) is 2.67. The summed E-state index contributed by atoms with van der Waals surface area (Å²) in [5, 5.41) is 19.1. The van der Waals surface area contributed by atoms with Crippen molar-refractivity contribution in [3.05, 3.63) is 46.2 Å². The molecule has 0 unspecified atom stereocenters. The number of aliphatic hydroxyl groups is 1. The monoisotopic (exact) mass is 332 g/mol. The Balaban J connectivity index is 1.47. The number of rotatable bonds is 3. The van der Waals surface area contributed by atoms with Gasteiger partial charge in [-0.25, -0.2) is 4.68 Å². The van der Waals surface area contributed by atoms with Crippen LogP contribution in [0.25, 0.3) is 0 Å². The van der Waals surface area contributed by atoms with Crippen molar-refractivity contribution < 1.29 is 5.11 Å². The highest BCUT2D eigenvalue weighted by atomic mass is 35.5. The molecule has 0 radical (unpaired) electrons. The quantitative estimate of drug-likeness (QED) is 0.938. The highest BCUT2D eigenvalue weighted by molar-refractivity contribution is 6.30. The summed E-state index contributed by atoms with van der Waals surface area (Å²) in [4.78, 5) is 2.34. The Bertz CT molecular complexity index is 694. The molecule has 1 aliphatic heterocycles. The highest BCUT2D eigenvalue weighted by Crippen LogP contribution is 2.35. The number of benzene rings is 1. The van der Waals surface area contributed by atoms with E-state index in [9.17, 15) is 5.11 Å². The van der Waals surface area contributed by atoms with E-state index in [1.54, 1.807) is 0 Å². The lowest BCUT2D eigenvalue weighted by atomic mass is 10.1. The first-order chi connectivity index (χ1) is 11.2. The van der Waals surface area contributed by atoms with E-state index in [1.807, 2.05) is 10.7 Å². The molecule has 122 valence electrons. The van der Waals surface area contributed by atoms with E-state index < -0.39 is 0 Å². The smallest absolute Gasteiger partial charge is 0.0967 e. The summed E-state index contributed by atoms with van der Waals surface area (Å²) in [5.74, 6) is 0. The second-order valence-corrected chi connectivity index (χ2v) is 7.03. The summed E-state index contributed by atoms with van der Waals surface area (Å²) in [5.41, 5.74) is 3.64. The summed E-state index contributed by atoms with van der Waals surface area (Å²) in [6, 6.07) is 6.40. The van der Waals surface area contributed by atoms with Crippen molar-refractivity contribution in [2.24, 2.45) is 0 Å². The SMILES string of the molecule is OC1CCN(Cc2cn([C@@H]3CCc4cc(Cl)ccc43)nn2)CC1. The first-order valence-electron chi connectivity index (χ1n) is 8.28. The first-order valence-corrected chi connectivity index (χ1v) is 8.66. The summed E-state index contributed by atoms with van der Waals surface area (Å²) in [6.07, 6.45) is 5.73. The van der Waals surface area contributed by atoms with E-state index in [-0.39, 0.29) is 12.1 Å². The summed E-state index contributed by atoms with van der Waals surface area (Å²) >= 11 is 6.08. The van der Waals surface area contributed by atoms with Crippen LogP contribution in [0, 0.1) is 0 Å². The van der Waals surface area contributed by atoms with Gasteiger partial charge in [-0.1, -0.05) is 22.9 Å². The van der Waals surface area contributed by atoms with Gasteiger partial charge in [0.2, 0.25) is 0 Å². The molecule has 1 aliphatic carbocycles. The number of aryl methyl sites for hydroxylation is 1. The van der Waals surface area contributed by atoms with Crippen molar-refractivity contribution in [3.63, 3.8) is 0 Å². The van der Waals surface area contributed by atoms with E-state index in [1.165, 1.54) is 11.1 Å². The van der Waals surface area contributed by atoms with E-state index >= 15 is 0 Å². The first kappa shape index (κ1) is 15.1. The van der Waals surface area contributed by atoms with Crippen molar-refractivity contribution in [1.29, 1.82) is 0 Å². The van der Waals surface area contributed by atoms with Gasteiger partial charge in [-0.15, -0.1) is 5.10 Å². The van der Waals surface area contributed by atoms with Gasteiger partial charge in [0.25, 0.3) is 0 Å². The maximum absolute atomic E-state index is 9.59. The predicted octanol–water partition coefficient (Wildman–Crippen LogP) is 2.42. The molecule has 0 spiro atoms. The minimum Gasteiger partial charge on any atom is -0.393 e. The van der Waals surface area contributed by atoms with E-state index in [0.29, 0.717) is 0 Å². The topological polar surface area (TPSA) is 54.2 Å². The summed E-state index contributed by atoms with van der Waals surface area (Å²) in [7, 11) is 0. The van der Waals surface area contributed by atoms with Crippen molar-refractivity contribution in [3.8, 4) is 0 Å². The molecule has 1 saturated heterocycles. The Hall–Kier alpha value is -1.43. The van der Waals surface area contributed by atoms with Gasteiger partial charge < -0.3 is 5.11 Å². The van der Waals surface area contributed by atoms with Crippen LogP contribution in [-0.2, 0) is 13.0 Å². The number of aliphatic hydroxyl groups excluding tert-OH is 1. The van der Waals surface area contributed by atoms with Crippen molar-refractivity contribution >= 4 is 11.6 Å². The lowest BCUT2D eigenvalue weighted by Crippen LogP contribution is -2.35. The number of hydrogen-bond acceptors (Lipinski definition) is 4. The molecule has 1 N–H and O–H groups in total. The molecule has 1 aromatic carbocycles. The lowest BCUT2D eigenvalue weighted by Gasteiger charge is -2.28. The van der Waals surface area contributed by atoms with Crippen LogP contribution in [0.4, 0.5) is 0 Å². The largest absolute Gasteiger partial charge is 0.393 e. The summed E-state index contributed by atoms with van der Waals surface area (Å²) < 4.78 is 1.99. The zero-order valence-electron chi connectivity index (χ0n) is 13.0. The van der Waals surface area contributed by atoms with Gasteiger partial charge in [0.1, 0.15) is 0 Å². The van der Waals surface area contributed by atoms with E-state index in [4.69, 9.17) is 11.6 Å². The van der Waals surface area contributed by atoms with E-state index in [2.05, 4.69) is 33.5 Å². The van der Waals surface area contributed by atoms with Crippen LogP contribution in [0.15, 0.2) is 24.4 Å². The molecule has 2 aliphatic rings. The third kappa shape index (κ3) is 3.13. The number of nitrogens with zero attached hydrogens (tertiary/aromatic N) is 4. The van der Waals surface area contributed by atoms with Crippen LogP contribution < -0.4 is 0 Å². The number of likely N-dealkylation sites (tertiary alicyclic amines) is 1. The molecule has 0 amide bonds. The third-order valence-corrected chi connectivity index (χ3v) is 5.21. The molecular weight excluding hydrogens is 312 g/mol. The van der Waals surface area contributed by atoms with E-state index in [0.717, 1.165) is 56.0 Å².